The van der Waals surface area contributed by atoms with Gasteiger partial charge in [0.25, 0.3) is 0 Å². The number of likely N-dealkylation sites (tertiary alicyclic amines) is 1. The molecule has 1 heterocycles. The number of halogens is 3. The van der Waals surface area contributed by atoms with E-state index < -0.39 is 6.10 Å². The molecule has 1 saturated heterocycles. The molecule has 0 aliphatic carbocycles. The minimum atomic E-state index is -0.742. The summed E-state index contributed by atoms with van der Waals surface area (Å²) in [5.41, 5.74) is 0. The molecule has 0 amide bonds. The number of nitrogens with zero attached hydrogens (tertiary/aromatic N) is 2. The first-order valence-corrected chi connectivity index (χ1v) is 11.2. The molecule has 2 rings (SSSR count). The number of hydrogen-bond donors (Lipinski definition) is 3. The molecule has 172 valence electrons. The summed E-state index contributed by atoms with van der Waals surface area (Å²) in [6.45, 7) is 11.0. The molecule has 30 heavy (non-hydrogen) atoms. The number of guanidine groups is 1. The maximum Gasteiger partial charge on any atom is 0.191 e. The van der Waals surface area contributed by atoms with Crippen LogP contribution in [0.3, 0.4) is 0 Å². The van der Waals surface area contributed by atoms with Gasteiger partial charge in [-0.05, 0) is 37.8 Å². The monoisotopic (exact) mass is 572 g/mol. The third kappa shape index (κ3) is 9.77. The maximum atomic E-state index is 10.2. The number of hydrogen-bond acceptors (Lipinski definition) is 4. The summed E-state index contributed by atoms with van der Waals surface area (Å²) in [7, 11) is 0. The molecule has 1 aliphatic heterocycles. The first-order valence-electron chi connectivity index (χ1n) is 10.4. The van der Waals surface area contributed by atoms with Crippen LogP contribution in [0.5, 0.6) is 5.75 Å². The van der Waals surface area contributed by atoms with Gasteiger partial charge in [0.2, 0.25) is 0 Å². The van der Waals surface area contributed by atoms with Crippen molar-refractivity contribution in [2.45, 2.75) is 45.8 Å². The normalized spacial score (nSPS) is 16.8. The number of aliphatic hydroxyl groups is 1. The topological polar surface area (TPSA) is 69.1 Å². The lowest BCUT2D eigenvalue weighted by Gasteiger charge is -2.34. The Labute approximate surface area is 207 Å². The third-order valence-corrected chi connectivity index (χ3v) is 5.51. The van der Waals surface area contributed by atoms with Gasteiger partial charge in [-0.15, -0.1) is 24.0 Å². The van der Waals surface area contributed by atoms with Crippen LogP contribution in [-0.4, -0.2) is 67.4 Å². The number of nitrogens with one attached hydrogen (secondary N) is 2. The Kier molecular flexibility index (Phi) is 13.4. The van der Waals surface area contributed by atoms with E-state index in [1.165, 1.54) is 0 Å². The fraction of sp³-hybridized carbons (Fsp3) is 0.667. The van der Waals surface area contributed by atoms with Crippen LogP contribution >= 0.6 is 47.2 Å². The highest BCUT2D eigenvalue weighted by molar-refractivity contribution is 14.0. The quantitative estimate of drug-likeness (QED) is 0.237. The van der Waals surface area contributed by atoms with E-state index >= 15 is 0 Å². The van der Waals surface area contributed by atoms with E-state index in [1.54, 1.807) is 18.2 Å². The van der Waals surface area contributed by atoms with Gasteiger partial charge in [0.15, 0.2) is 5.96 Å². The number of aliphatic hydroxyl groups excluding tert-OH is 1. The van der Waals surface area contributed by atoms with Crippen molar-refractivity contribution in [1.82, 2.24) is 15.5 Å². The molecule has 1 aromatic carbocycles. The lowest BCUT2D eigenvalue weighted by Crippen LogP contribution is -2.49. The minimum absolute atomic E-state index is 0. The van der Waals surface area contributed by atoms with Crippen LogP contribution in [0.1, 0.15) is 33.6 Å². The largest absolute Gasteiger partial charge is 0.489 e. The SMILES string of the molecule is CCNC(=NCC(O)COc1cccc(Cl)c1Cl)NC1CCN(CC(C)C)CC1.I. The number of piperidine rings is 1. The second kappa shape index (κ2) is 14.6. The molecule has 1 aliphatic rings. The molecule has 0 bridgehead atoms. The van der Waals surface area contributed by atoms with Gasteiger partial charge in [-0.1, -0.05) is 43.1 Å². The molecular weight excluding hydrogens is 538 g/mol. The van der Waals surface area contributed by atoms with Gasteiger partial charge < -0.3 is 25.4 Å². The molecule has 3 N–H and O–H groups in total. The number of rotatable bonds is 9. The summed E-state index contributed by atoms with van der Waals surface area (Å²) >= 11 is 12.1. The second-order valence-corrected chi connectivity index (χ2v) is 8.63. The lowest BCUT2D eigenvalue weighted by atomic mass is 10.0. The molecule has 1 aromatic rings. The van der Waals surface area contributed by atoms with E-state index in [-0.39, 0.29) is 37.1 Å². The average molecular weight is 573 g/mol. The molecule has 9 heteroatoms. The van der Waals surface area contributed by atoms with Crippen molar-refractivity contribution in [3.05, 3.63) is 28.2 Å². The van der Waals surface area contributed by atoms with Crippen LogP contribution < -0.4 is 15.4 Å². The van der Waals surface area contributed by atoms with Crippen LogP contribution in [0.2, 0.25) is 10.0 Å². The molecule has 1 atom stereocenters. The van der Waals surface area contributed by atoms with Gasteiger partial charge >= 0.3 is 0 Å². The van der Waals surface area contributed by atoms with Crippen molar-refractivity contribution < 1.29 is 9.84 Å². The van der Waals surface area contributed by atoms with Gasteiger partial charge in [0, 0.05) is 32.2 Å². The van der Waals surface area contributed by atoms with Gasteiger partial charge in [-0.3, -0.25) is 4.99 Å². The summed E-state index contributed by atoms with van der Waals surface area (Å²) in [5, 5.41) is 17.8. The Morgan fingerprint density at radius 3 is 2.63 bits per heavy atom. The van der Waals surface area contributed by atoms with Gasteiger partial charge in [-0.2, -0.15) is 0 Å². The van der Waals surface area contributed by atoms with Crippen LogP contribution in [-0.2, 0) is 0 Å². The Bertz CT molecular complexity index is 656. The lowest BCUT2D eigenvalue weighted by molar-refractivity contribution is 0.114. The molecule has 0 radical (unpaired) electrons. The Morgan fingerprint density at radius 2 is 2.00 bits per heavy atom. The fourth-order valence-electron chi connectivity index (χ4n) is 3.32. The van der Waals surface area contributed by atoms with Gasteiger partial charge in [0.1, 0.15) is 23.5 Å². The summed E-state index contributed by atoms with van der Waals surface area (Å²) in [6, 6.07) is 5.57. The van der Waals surface area contributed by atoms with Crippen LogP contribution in [0.4, 0.5) is 0 Å². The zero-order valence-corrected chi connectivity index (χ0v) is 21.9. The molecule has 1 fully saturated rings. The maximum absolute atomic E-state index is 10.2. The van der Waals surface area contributed by atoms with E-state index in [0.29, 0.717) is 27.8 Å². The highest BCUT2D eigenvalue weighted by Crippen LogP contribution is 2.31. The van der Waals surface area contributed by atoms with Crippen molar-refractivity contribution in [3.8, 4) is 5.75 Å². The number of ether oxygens (including phenoxy) is 1. The van der Waals surface area contributed by atoms with E-state index in [2.05, 4.69) is 34.4 Å². The third-order valence-electron chi connectivity index (χ3n) is 4.70. The predicted octanol–water partition coefficient (Wildman–Crippen LogP) is 4.03. The fourth-order valence-corrected chi connectivity index (χ4v) is 3.67. The zero-order chi connectivity index (χ0) is 21.2. The summed E-state index contributed by atoms with van der Waals surface area (Å²) < 4.78 is 5.58. The Hall–Kier alpha value is -0.480. The molecule has 6 nitrogen and oxygen atoms in total. The molecule has 1 unspecified atom stereocenters. The average Bonchev–Trinajstić information content (AvgIpc) is 2.68. The van der Waals surface area contributed by atoms with Crippen LogP contribution in [0.15, 0.2) is 23.2 Å². The van der Waals surface area contributed by atoms with Gasteiger partial charge in [-0.25, -0.2) is 0 Å². The summed E-state index contributed by atoms with van der Waals surface area (Å²) in [5.74, 6) is 1.89. The van der Waals surface area contributed by atoms with Gasteiger partial charge in [0.05, 0.1) is 11.6 Å². The van der Waals surface area contributed by atoms with Crippen molar-refractivity contribution in [1.29, 1.82) is 0 Å². The Balaban J connectivity index is 0.00000450. The van der Waals surface area contributed by atoms with Crippen molar-refractivity contribution in [2.24, 2.45) is 10.9 Å². The van der Waals surface area contributed by atoms with E-state index in [1.807, 2.05) is 6.92 Å². The smallest absolute Gasteiger partial charge is 0.191 e. The highest BCUT2D eigenvalue weighted by atomic mass is 127. The highest BCUT2D eigenvalue weighted by Gasteiger charge is 2.20. The molecular formula is C21H35Cl2IN4O2. The summed E-state index contributed by atoms with van der Waals surface area (Å²) in [6.07, 6.45) is 1.44. The standard InChI is InChI=1S/C21H34Cl2N4O2.HI/c1-4-24-21(26-16-8-10-27(11-9-16)13-15(2)3)25-12-17(28)14-29-19-7-5-6-18(22)20(19)23;/h5-7,15-17,28H,4,8-14H2,1-3H3,(H2,24,25,26);1H. The second-order valence-electron chi connectivity index (χ2n) is 7.85. The Morgan fingerprint density at radius 1 is 1.30 bits per heavy atom. The minimum Gasteiger partial charge on any atom is -0.489 e. The molecule has 0 aromatic heterocycles. The van der Waals surface area contributed by atoms with E-state index in [9.17, 15) is 5.11 Å². The first-order chi connectivity index (χ1) is 13.9. The molecule has 0 spiro atoms. The van der Waals surface area contributed by atoms with E-state index in [0.717, 1.165) is 45.0 Å². The molecule has 0 saturated carbocycles. The number of aliphatic imine (C=N–C) groups is 1. The van der Waals surface area contributed by atoms with Crippen molar-refractivity contribution in [3.63, 3.8) is 0 Å². The first kappa shape index (κ1) is 27.6. The zero-order valence-electron chi connectivity index (χ0n) is 18.0. The number of benzene rings is 1. The van der Waals surface area contributed by atoms with Crippen LogP contribution in [0.25, 0.3) is 0 Å². The van der Waals surface area contributed by atoms with Crippen molar-refractivity contribution in [2.75, 3.05) is 39.3 Å². The van der Waals surface area contributed by atoms with Crippen LogP contribution in [0, 0.1) is 5.92 Å². The predicted molar refractivity (Wildman–Crippen MR) is 137 cm³/mol. The summed E-state index contributed by atoms with van der Waals surface area (Å²) in [4.78, 5) is 7.04. The van der Waals surface area contributed by atoms with Crippen molar-refractivity contribution >= 4 is 53.1 Å². The van der Waals surface area contributed by atoms with E-state index in [4.69, 9.17) is 27.9 Å².